The zero-order valence-corrected chi connectivity index (χ0v) is 11.8. The molecule has 2 N–H and O–H groups in total. The van der Waals surface area contributed by atoms with Crippen molar-refractivity contribution in [3.8, 4) is 0 Å². The van der Waals surface area contributed by atoms with Crippen LogP contribution in [0.4, 0.5) is 10.5 Å². The molecule has 0 unspecified atom stereocenters. The second-order valence-corrected chi connectivity index (χ2v) is 6.03. The van der Waals surface area contributed by atoms with E-state index >= 15 is 0 Å². The molecule has 0 aliphatic rings. The van der Waals surface area contributed by atoms with Crippen LogP contribution in [-0.2, 0) is 16.6 Å². The van der Waals surface area contributed by atoms with Crippen molar-refractivity contribution in [3.63, 3.8) is 0 Å². The van der Waals surface area contributed by atoms with Crippen LogP contribution < -0.4 is 9.62 Å². The fourth-order valence-corrected chi connectivity index (χ4v) is 2.79. The highest BCUT2D eigenvalue weighted by atomic mass is 32.2. The van der Waals surface area contributed by atoms with Crippen molar-refractivity contribution in [1.29, 1.82) is 0 Å². The summed E-state index contributed by atoms with van der Waals surface area (Å²) in [5, 5.41) is 10.9. The Hall–Kier alpha value is -1.76. The lowest BCUT2D eigenvalue weighted by Gasteiger charge is -2.24. The molecule has 0 aliphatic heterocycles. The molecule has 1 aromatic rings. The van der Waals surface area contributed by atoms with E-state index in [0.29, 0.717) is 24.2 Å². The highest BCUT2D eigenvalue weighted by Crippen LogP contribution is 2.23. The van der Waals surface area contributed by atoms with Gasteiger partial charge in [-0.25, -0.2) is 13.2 Å². The van der Waals surface area contributed by atoms with Crippen molar-refractivity contribution < 1.29 is 18.3 Å². The maximum atomic E-state index is 11.8. The van der Waals surface area contributed by atoms with Crippen LogP contribution in [-0.4, -0.2) is 32.4 Å². The number of rotatable bonds is 6. The van der Waals surface area contributed by atoms with E-state index in [-0.39, 0.29) is 6.54 Å². The largest absolute Gasteiger partial charge is 0.465 e. The molecule has 0 saturated heterocycles. The van der Waals surface area contributed by atoms with E-state index in [9.17, 15) is 13.2 Å². The molecule has 0 heterocycles. The predicted octanol–water partition coefficient (Wildman–Crippen LogP) is 1.63. The molecule has 0 saturated carbocycles. The lowest BCUT2D eigenvalue weighted by Crippen LogP contribution is -2.32. The van der Waals surface area contributed by atoms with Gasteiger partial charge in [-0.05, 0) is 18.1 Å². The Balaban J connectivity index is 3.12. The van der Waals surface area contributed by atoms with Crippen LogP contribution in [0.15, 0.2) is 24.3 Å². The molecule has 19 heavy (non-hydrogen) atoms. The Morgan fingerprint density at radius 3 is 2.53 bits per heavy atom. The molecule has 0 aromatic heterocycles. The average Bonchev–Trinajstić information content (AvgIpc) is 2.32. The SMILES string of the molecule is CCCN(c1ccccc1CNC(=O)O)S(C)(=O)=O. The third-order valence-electron chi connectivity index (χ3n) is 2.52. The van der Waals surface area contributed by atoms with Crippen LogP contribution in [0, 0.1) is 0 Å². The number of carboxylic acid groups (broad SMARTS) is 1. The van der Waals surface area contributed by atoms with Gasteiger partial charge in [0.15, 0.2) is 0 Å². The average molecular weight is 286 g/mol. The number of carbonyl (C=O) groups is 1. The normalized spacial score (nSPS) is 11.1. The molecule has 0 atom stereocenters. The molecule has 6 nitrogen and oxygen atoms in total. The van der Waals surface area contributed by atoms with E-state index < -0.39 is 16.1 Å². The highest BCUT2D eigenvalue weighted by molar-refractivity contribution is 7.92. The van der Waals surface area contributed by atoms with E-state index in [1.165, 1.54) is 4.31 Å². The number of hydrogen-bond donors (Lipinski definition) is 2. The molecule has 0 fully saturated rings. The summed E-state index contributed by atoms with van der Waals surface area (Å²) in [4.78, 5) is 10.5. The molecular weight excluding hydrogens is 268 g/mol. The zero-order chi connectivity index (χ0) is 14.5. The van der Waals surface area contributed by atoms with Gasteiger partial charge in [-0.15, -0.1) is 0 Å². The molecule has 1 rings (SSSR count). The second-order valence-electron chi connectivity index (χ2n) is 4.12. The number of sulfonamides is 1. The van der Waals surface area contributed by atoms with Gasteiger partial charge < -0.3 is 10.4 Å². The van der Waals surface area contributed by atoms with Crippen LogP contribution in [0.1, 0.15) is 18.9 Å². The molecule has 0 bridgehead atoms. The molecule has 0 spiro atoms. The number of nitrogens with one attached hydrogen (secondary N) is 1. The first-order valence-corrected chi connectivity index (χ1v) is 7.73. The lowest BCUT2D eigenvalue weighted by molar-refractivity contribution is 0.194. The molecular formula is C12H18N2O4S. The van der Waals surface area contributed by atoms with Crippen molar-refractivity contribution in [2.45, 2.75) is 19.9 Å². The van der Waals surface area contributed by atoms with Gasteiger partial charge in [-0.1, -0.05) is 25.1 Å². The van der Waals surface area contributed by atoms with E-state index in [0.717, 1.165) is 6.26 Å². The van der Waals surface area contributed by atoms with Gasteiger partial charge in [0.25, 0.3) is 0 Å². The number of nitrogens with zero attached hydrogens (tertiary/aromatic N) is 1. The molecule has 1 amide bonds. The first-order chi connectivity index (χ1) is 8.86. The Morgan fingerprint density at radius 1 is 1.37 bits per heavy atom. The summed E-state index contributed by atoms with van der Waals surface area (Å²) < 4.78 is 24.9. The number of hydrogen-bond acceptors (Lipinski definition) is 3. The molecule has 7 heteroatoms. The van der Waals surface area contributed by atoms with Crippen molar-refractivity contribution >= 4 is 21.8 Å². The first-order valence-electron chi connectivity index (χ1n) is 5.88. The summed E-state index contributed by atoms with van der Waals surface area (Å²) in [5.41, 5.74) is 1.14. The minimum absolute atomic E-state index is 0.0707. The van der Waals surface area contributed by atoms with Gasteiger partial charge in [0, 0.05) is 13.1 Å². The molecule has 1 aromatic carbocycles. The van der Waals surface area contributed by atoms with Crippen molar-refractivity contribution in [1.82, 2.24) is 5.32 Å². The minimum atomic E-state index is -3.38. The van der Waals surface area contributed by atoms with E-state index in [1.54, 1.807) is 24.3 Å². The quantitative estimate of drug-likeness (QED) is 0.832. The molecule has 106 valence electrons. The Morgan fingerprint density at radius 2 is 2.00 bits per heavy atom. The van der Waals surface area contributed by atoms with E-state index in [4.69, 9.17) is 5.11 Å². The van der Waals surface area contributed by atoms with Crippen LogP contribution in [0.3, 0.4) is 0 Å². The predicted molar refractivity (Wildman–Crippen MR) is 73.8 cm³/mol. The van der Waals surface area contributed by atoms with Crippen molar-refractivity contribution in [3.05, 3.63) is 29.8 Å². The van der Waals surface area contributed by atoms with Crippen LogP contribution in [0.25, 0.3) is 0 Å². The smallest absolute Gasteiger partial charge is 0.404 e. The van der Waals surface area contributed by atoms with E-state index in [1.807, 2.05) is 6.92 Å². The number of benzene rings is 1. The van der Waals surface area contributed by atoms with Crippen LogP contribution in [0.2, 0.25) is 0 Å². The summed E-state index contributed by atoms with van der Waals surface area (Å²) in [6, 6.07) is 6.86. The highest BCUT2D eigenvalue weighted by Gasteiger charge is 2.19. The summed E-state index contributed by atoms with van der Waals surface area (Å²) in [7, 11) is -3.38. The fraction of sp³-hybridized carbons (Fsp3) is 0.417. The third-order valence-corrected chi connectivity index (χ3v) is 3.70. The fourth-order valence-electron chi connectivity index (χ4n) is 1.74. The maximum Gasteiger partial charge on any atom is 0.404 e. The summed E-state index contributed by atoms with van der Waals surface area (Å²) >= 11 is 0. The number of para-hydroxylation sites is 1. The van der Waals surface area contributed by atoms with Gasteiger partial charge in [-0.2, -0.15) is 0 Å². The van der Waals surface area contributed by atoms with Gasteiger partial charge >= 0.3 is 6.09 Å². The zero-order valence-electron chi connectivity index (χ0n) is 11.0. The van der Waals surface area contributed by atoms with E-state index in [2.05, 4.69) is 5.32 Å². The summed E-state index contributed by atoms with van der Waals surface area (Å²) in [5.74, 6) is 0. The molecule has 0 radical (unpaired) electrons. The molecule has 0 aliphatic carbocycles. The number of anilines is 1. The third kappa shape index (κ3) is 4.44. The van der Waals surface area contributed by atoms with Gasteiger partial charge in [0.2, 0.25) is 10.0 Å². The van der Waals surface area contributed by atoms with Crippen LogP contribution in [0.5, 0.6) is 0 Å². The van der Waals surface area contributed by atoms with Gasteiger partial charge in [0.05, 0.1) is 11.9 Å². The van der Waals surface area contributed by atoms with Crippen molar-refractivity contribution in [2.75, 3.05) is 17.1 Å². The van der Waals surface area contributed by atoms with Gasteiger partial charge in [-0.3, -0.25) is 4.31 Å². The summed E-state index contributed by atoms with van der Waals surface area (Å²) in [6.45, 7) is 2.32. The Bertz CT molecular complexity index is 542. The minimum Gasteiger partial charge on any atom is -0.465 e. The lowest BCUT2D eigenvalue weighted by atomic mass is 10.1. The first kappa shape index (κ1) is 15.3. The standard InChI is InChI=1S/C12H18N2O4S/c1-3-8-14(19(2,17)18)11-7-5-4-6-10(11)9-13-12(15)16/h4-7,13H,3,8-9H2,1-2H3,(H,15,16). The monoisotopic (exact) mass is 286 g/mol. The van der Waals surface area contributed by atoms with Crippen LogP contribution >= 0.6 is 0 Å². The maximum absolute atomic E-state index is 11.8. The topological polar surface area (TPSA) is 86.7 Å². The Kier molecular flexibility index (Phi) is 5.17. The van der Waals surface area contributed by atoms with Crippen molar-refractivity contribution in [2.24, 2.45) is 0 Å². The number of amides is 1. The van der Waals surface area contributed by atoms with Gasteiger partial charge in [0.1, 0.15) is 0 Å². The summed E-state index contributed by atoms with van der Waals surface area (Å²) in [6.07, 6.45) is 0.675. The Labute approximate surface area is 113 Å². The second kappa shape index (κ2) is 6.42.